The lowest BCUT2D eigenvalue weighted by molar-refractivity contribution is 0.401. The molecule has 1 aromatic heterocycles. The second kappa shape index (κ2) is 5.10. The molecular formula is C17H18N4O. The number of nitrogens with zero attached hydrogens (tertiary/aromatic N) is 3. The molecule has 1 saturated carbocycles. The fourth-order valence-corrected chi connectivity index (χ4v) is 3.20. The smallest absolute Gasteiger partial charge is 0.123 e. The molecule has 0 unspecified atom stereocenters. The molecule has 1 heterocycles. The van der Waals surface area contributed by atoms with E-state index in [4.69, 9.17) is 5.73 Å². The molecule has 1 aliphatic rings. The first kappa shape index (κ1) is 13.3. The third-order valence-corrected chi connectivity index (χ3v) is 4.57. The topological polar surface area (TPSA) is 77.0 Å². The Morgan fingerprint density at radius 2 is 1.91 bits per heavy atom. The Morgan fingerprint density at radius 3 is 2.64 bits per heavy atom. The number of hydrogen-bond donors (Lipinski definition) is 2. The van der Waals surface area contributed by atoms with E-state index in [1.165, 1.54) is 6.42 Å². The zero-order chi connectivity index (χ0) is 15.1. The van der Waals surface area contributed by atoms with Crippen LogP contribution in [0.1, 0.15) is 36.6 Å². The highest BCUT2D eigenvalue weighted by molar-refractivity contribution is 5.94. The van der Waals surface area contributed by atoms with Crippen molar-refractivity contribution in [2.24, 2.45) is 5.73 Å². The van der Waals surface area contributed by atoms with Crippen LogP contribution in [0.15, 0.2) is 36.4 Å². The van der Waals surface area contributed by atoms with Crippen molar-refractivity contribution in [2.75, 3.05) is 0 Å². The van der Waals surface area contributed by atoms with Gasteiger partial charge in [-0.15, -0.1) is 5.10 Å². The van der Waals surface area contributed by atoms with Gasteiger partial charge in [0, 0.05) is 23.2 Å². The van der Waals surface area contributed by atoms with Crippen molar-refractivity contribution in [2.45, 2.75) is 31.7 Å². The molecule has 1 fully saturated rings. The maximum Gasteiger partial charge on any atom is 0.123 e. The largest absolute Gasteiger partial charge is 0.507 e. The fourth-order valence-electron chi connectivity index (χ4n) is 3.20. The van der Waals surface area contributed by atoms with Crippen LogP contribution in [0, 0.1) is 0 Å². The Kier molecular flexibility index (Phi) is 3.08. The van der Waals surface area contributed by atoms with Gasteiger partial charge < -0.3 is 10.8 Å². The van der Waals surface area contributed by atoms with Crippen molar-refractivity contribution in [3.8, 4) is 11.4 Å². The lowest BCUT2D eigenvalue weighted by Gasteiger charge is -2.26. The number of rotatable bonds is 3. The molecule has 0 spiro atoms. The van der Waals surface area contributed by atoms with Crippen molar-refractivity contribution < 1.29 is 5.11 Å². The fraction of sp³-hybridized carbons (Fsp3) is 0.294. The lowest BCUT2D eigenvalue weighted by Crippen LogP contribution is -2.17. The summed E-state index contributed by atoms with van der Waals surface area (Å²) in [7, 11) is 0. The number of aromatic hydroxyl groups is 1. The minimum absolute atomic E-state index is 0.281. The van der Waals surface area contributed by atoms with E-state index in [0.29, 0.717) is 12.5 Å². The van der Waals surface area contributed by atoms with Gasteiger partial charge in [-0.05, 0) is 25.0 Å². The third-order valence-electron chi connectivity index (χ3n) is 4.57. The SMILES string of the molecule is NCc1nnn(-c2cccc3c(O)cccc23)c1C1CCC1. The molecule has 0 saturated heterocycles. The van der Waals surface area contributed by atoms with Gasteiger partial charge in [0.1, 0.15) is 11.4 Å². The number of phenols is 1. The molecule has 5 nitrogen and oxygen atoms in total. The molecular weight excluding hydrogens is 276 g/mol. The number of aromatic nitrogens is 3. The highest BCUT2D eigenvalue weighted by Crippen LogP contribution is 2.39. The Labute approximate surface area is 128 Å². The monoisotopic (exact) mass is 294 g/mol. The summed E-state index contributed by atoms with van der Waals surface area (Å²) in [4.78, 5) is 0. The lowest BCUT2D eigenvalue weighted by atomic mass is 9.82. The zero-order valence-electron chi connectivity index (χ0n) is 12.2. The molecule has 4 rings (SSSR count). The van der Waals surface area contributed by atoms with Crippen molar-refractivity contribution >= 4 is 10.8 Å². The average molecular weight is 294 g/mol. The summed E-state index contributed by atoms with van der Waals surface area (Å²) in [6, 6.07) is 11.4. The second-order valence-electron chi connectivity index (χ2n) is 5.81. The summed E-state index contributed by atoms with van der Waals surface area (Å²) in [6.45, 7) is 0.405. The van der Waals surface area contributed by atoms with E-state index in [1.807, 2.05) is 35.0 Å². The summed E-state index contributed by atoms with van der Waals surface area (Å²) in [5.74, 6) is 0.768. The molecule has 0 radical (unpaired) electrons. The Bertz CT molecular complexity index is 836. The summed E-state index contributed by atoms with van der Waals surface area (Å²) < 4.78 is 1.91. The van der Waals surface area contributed by atoms with Crippen LogP contribution < -0.4 is 5.73 Å². The van der Waals surface area contributed by atoms with E-state index < -0.39 is 0 Å². The number of fused-ring (bicyclic) bond motifs is 1. The van der Waals surface area contributed by atoms with E-state index in [0.717, 1.165) is 40.7 Å². The average Bonchev–Trinajstić information content (AvgIpc) is 2.89. The maximum atomic E-state index is 10.1. The molecule has 22 heavy (non-hydrogen) atoms. The van der Waals surface area contributed by atoms with E-state index in [-0.39, 0.29) is 5.75 Å². The Balaban J connectivity index is 1.96. The van der Waals surface area contributed by atoms with Crippen LogP contribution in [0.2, 0.25) is 0 Å². The number of benzene rings is 2. The van der Waals surface area contributed by atoms with Crippen LogP contribution in [0.3, 0.4) is 0 Å². The first-order chi connectivity index (χ1) is 10.8. The van der Waals surface area contributed by atoms with Gasteiger partial charge in [0.05, 0.1) is 11.4 Å². The van der Waals surface area contributed by atoms with Gasteiger partial charge >= 0.3 is 0 Å². The quantitative estimate of drug-likeness (QED) is 0.778. The van der Waals surface area contributed by atoms with Crippen LogP contribution in [0.5, 0.6) is 5.75 Å². The Hall–Kier alpha value is -2.40. The molecule has 2 aromatic carbocycles. The van der Waals surface area contributed by atoms with Gasteiger partial charge in [0.15, 0.2) is 0 Å². The normalized spacial score (nSPS) is 15.1. The van der Waals surface area contributed by atoms with Crippen molar-refractivity contribution in [3.05, 3.63) is 47.8 Å². The van der Waals surface area contributed by atoms with Gasteiger partial charge in [0.2, 0.25) is 0 Å². The van der Waals surface area contributed by atoms with Gasteiger partial charge in [-0.25, -0.2) is 4.68 Å². The van der Waals surface area contributed by atoms with E-state index in [2.05, 4.69) is 10.3 Å². The van der Waals surface area contributed by atoms with Crippen LogP contribution in [0.4, 0.5) is 0 Å². The van der Waals surface area contributed by atoms with Crippen LogP contribution in [-0.2, 0) is 6.54 Å². The van der Waals surface area contributed by atoms with E-state index >= 15 is 0 Å². The van der Waals surface area contributed by atoms with Gasteiger partial charge in [0.25, 0.3) is 0 Å². The van der Waals surface area contributed by atoms with Crippen LogP contribution in [0.25, 0.3) is 16.5 Å². The van der Waals surface area contributed by atoms with E-state index in [9.17, 15) is 5.11 Å². The van der Waals surface area contributed by atoms with Crippen molar-refractivity contribution in [1.29, 1.82) is 0 Å². The molecule has 1 aliphatic carbocycles. The maximum absolute atomic E-state index is 10.1. The predicted octanol–water partition coefficient (Wildman–Crippen LogP) is 2.85. The molecule has 0 atom stereocenters. The number of hydrogen-bond acceptors (Lipinski definition) is 4. The summed E-state index contributed by atoms with van der Waals surface area (Å²) >= 11 is 0. The van der Waals surface area contributed by atoms with Crippen molar-refractivity contribution in [3.63, 3.8) is 0 Å². The zero-order valence-corrected chi connectivity index (χ0v) is 12.2. The minimum atomic E-state index is 0.281. The molecule has 0 aliphatic heterocycles. The summed E-state index contributed by atoms with van der Waals surface area (Å²) in [5.41, 5.74) is 8.79. The molecule has 5 heteroatoms. The third kappa shape index (κ3) is 1.89. The molecule has 0 amide bonds. The first-order valence-corrected chi connectivity index (χ1v) is 7.65. The second-order valence-corrected chi connectivity index (χ2v) is 5.81. The summed E-state index contributed by atoms with van der Waals surface area (Å²) in [5, 5.41) is 20.5. The minimum Gasteiger partial charge on any atom is -0.507 e. The Morgan fingerprint density at radius 1 is 1.14 bits per heavy atom. The first-order valence-electron chi connectivity index (χ1n) is 7.65. The number of phenolic OH excluding ortho intramolecular Hbond substituents is 1. The van der Waals surface area contributed by atoms with Gasteiger partial charge in [-0.1, -0.05) is 35.9 Å². The highest BCUT2D eigenvalue weighted by Gasteiger charge is 2.28. The van der Waals surface area contributed by atoms with Crippen LogP contribution in [-0.4, -0.2) is 20.1 Å². The standard InChI is InChI=1S/C17H18N4O/c18-10-14-17(11-4-1-5-11)21(20-19-14)15-8-2-7-13-12(15)6-3-9-16(13)22/h2-3,6-9,11,22H,1,4-5,10,18H2. The highest BCUT2D eigenvalue weighted by atomic mass is 16.3. The molecule has 112 valence electrons. The van der Waals surface area contributed by atoms with Crippen molar-refractivity contribution in [1.82, 2.24) is 15.0 Å². The van der Waals surface area contributed by atoms with E-state index in [1.54, 1.807) is 6.07 Å². The van der Waals surface area contributed by atoms with Crippen LogP contribution >= 0.6 is 0 Å². The molecule has 3 N–H and O–H groups in total. The van der Waals surface area contributed by atoms with Gasteiger partial charge in [-0.2, -0.15) is 0 Å². The summed E-state index contributed by atoms with van der Waals surface area (Å²) in [6.07, 6.45) is 3.57. The molecule has 3 aromatic rings. The predicted molar refractivity (Wildman–Crippen MR) is 85.0 cm³/mol. The number of nitrogens with two attached hydrogens (primary N) is 1. The van der Waals surface area contributed by atoms with Gasteiger partial charge in [-0.3, -0.25) is 0 Å². The molecule has 0 bridgehead atoms.